The first-order valence-corrected chi connectivity index (χ1v) is 43.8. The van der Waals surface area contributed by atoms with Crippen LogP contribution in [0.5, 0.6) is 11.5 Å². The molecule has 7 rings (SSSR count). The highest BCUT2D eigenvalue weighted by molar-refractivity contribution is 8.76. The van der Waals surface area contributed by atoms with Crippen molar-refractivity contribution in [3.63, 3.8) is 0 Å². The van der Waals surface area contributed by atoms with E-state index in [2.05, 4.69) is 62.2 Å². The first-order chi connectivity index (χ1) is 59.9. The normalized spacial score (nSPS) is 19.6. The molecule has 32 N–H and O–H groups in total. The van der Waals surface area contributed by atoms with Gasteiger partial charge in [0.15, 0.2) is 17.5 Å². The molecular weight excluding hydrogens is 1730 g/mol. The van der Waals surface area contributed by atoms with Crippen molar-refractivity contribution in [3.05, 3.63) is 131 Å². The van der Waals surface area contributed by atoms with Gasteiger partial charge in [-0.3, -0.25) is 62.5 Å². The number of amides is 10. The summed E-state index contributed by atoms with van der Waals surface area (Å²) in [7, 11) is 2.05. The number of aromatic hydroxyl groups is 2. The van der Waals surface area contributed by atoms with Crippen molar-refractivity contribution >= 4 is 161 Å². The van der Waals surface area contributed by atoms with Crippen LogP contribution >= 0.6 is 46.8 Å². The number of hydrogen-bond acceptors (Lipinski definition) is 32. The van der Waals surface area contributed by atoms with Crippen molar-refractivity contribution in [2.75, 3.05) is 42.6 Å². The molecule has 0 saturated carbocycles. The van der Waals surface area contributed by atoms with Crippen LogP contribution in [0, 0.1) is 5.92 Å². The maximum atomic E-state index is 14.6. The van der Waals surface area contributed by atoms with Gasteiger partial charge in [0.1, 0.15) is 73.4 Å². The number of phenolic OH excluding ortho intramolecular Hbond substituents is 2. The van der Waals surface area contributed by atoms with Gasteiger partial charge in [-0.15, -0.1) is 0 Å². The van der Waals surface area contributed by atoms with Gasteiger partial charge in [0.05, 0.1) is 60.3 Å². The number of carbonyl (C=O) groups excluding carboxylic acids is 18. The molecule has 3 heterocycles. The van der Waals surface area contributed by atoms with Gasteiger partial charge in [-0.05, 0) is 117 Å². The first-order valence-electron chi connectivity index (χ1n) is 40.0. The van der Waals surface area contributed by atoms with Crippen LogP contribution in [0.15, 0.2) is 114 Å². The van der Waals surface area contributed by atoms with Crippen molar-refractivity contribution in [1.29, 1.82) is 0 Å². The van der Waals surface area contributed by atoms with Crippen LogP contribution in [0.4, 0.5) is 0 Å². The third kappa shape index (κ3) is 52.6. The van der Waals surface area contributed by atoms with Crippen LogP contribution in [-0.4, -0.2) is 251 Å². The molecule has 4 aromatic carbocycles. The number of carbonyl (C=O) groups is 18. The van der Waals surface area contributed by atoms with Gasteiger partial charge < -0.3 is 145 Å². The predicted molar refractivity (Wildman–Crippen MR) is 490 cm³/mol. The molecule has 0 spiro atoms. The molecule has 40 nitrogen and oxygen atoms in total. The molecule has 4 aromatic rings. The maximum Gasteiger partial charge on any atom is 0.246 e. The summed E-state index contributed by atoms with van der Waals surface area (Å²) in [5.74, 6) is -10.3. The highest BCUT2D eigenvalue weighted by atomic mass is 33.1. The fourth-order valence-corrected chi connectivity index (χ4v) is 13.9. The molecule has 702 valence electrons. The van der Waals surface area contributed by atoms with Gasteiger partial charge in [-0.25, -0.2) is 0 Å². The minimum absolute atomic E-state index is 0. The third-order valence-corrected chi connectivity index (χ3v) is 21.5. The summed E-state index contributed by atoms with van der Waals surface area (Å²) in [5.41, 5.74) is 67.5. The largest absolute Gasteiger partial charge is 0.508 e. The molecule has 3 aliphatic rings. The number of rotatable bonds is 35. The molecule has 14 atom stereocenters. The topological polar surface area (TPSA) is 748 Å². The van der Waals surface area contributed by atoms with Crippen LogP contribution in [0.3, 0.4) is 0 Å². The van der Waals surface area contributed by atoms with Crippen LogP contribution in [0.2, 0.25) is 0 Å². The molecule has 3 fully saturated rings. The summed E-state index contributed by atoms with van der Waals surface area (Å²) in [6.45, 7) is 1.17. The Bertz CT molecular complexity index is 4080. The molecule has 0 unspecified atom stereocenters. The second kappa shape index (κ2) is 67.3. The number of thiol groups is 2. The number of nitrogens with one attached hydrogen (secondary N) is 6. The summed E-state index contributed by atoms with van der Waals surface area (Å²) in [6, 6.07) is 19.5. The summed E-state index contributed by atoms with van der Waals surface area (Å²) < 4.78 is 0. The lowest BCUT2D eigenvalue weighted by atomic mass is 9.92. The van der Waals surface area contributed by atoms with Crippen LogP contribution < -0.4 is 101 Å². The van der Waals surface area contributed by atoms with Crippen LogP contribution in [0.25, 0.3) is 0 Å². The monoisotopic (exact) mass is 1850 g/mol. The molecule has 3 saturated heterocycles. The van der Waals surface area contributed by atoms with Crippen molar-refractivity contribution in [1.82, 2.24) is 36.8 Å². The Morgan fingerprint density at radius 1 is 0.535 bits per heavy atom. The Morgan fingerprint density at radius 2 is 1.01 bits per heavy atom. The molecule has 10 amide bonds. The Kier molecular flexibility index (Phi) is 61.4. The minimum Gasteiger partial charge on any atom is -0.508 e. The third-order valence-electron chi connectivity index (χ3n) is 18.2. The minimum atomic E-state index is -1.54. The van der Waals surface area contributed by atoms with E-state index in [0.717, 1.165) is 64.7 Å². The fraction of sp³-hybridized carbons (Fsp3) is 0.482. The molecule has 0 aromatic heterocycles. The zero-order valence-corrected chi connectivity index (χ0v) is 73.3. The van der Waals surface area contributed by atoms with E-state index < -0.39 is 150 Å². The van der Waals surface area contributed by atoms with E-state index in [4.69, 9.17) is 73.9 Å². The van der Waals surface area contributed by atoms with Crippen molar-refractivity contribution in [2.45, 2.75) is 202 Å². The van der Waals surface area contributed by atoms with Gasteiger partial charge in [0.2, 0.25) is 59.1 Å². The van der Waals surface area contributed by atoms with Gasteiger partial charge in [0.25, 0.3) is 0 Å². The lowest BCUT2D eigenvalue weighted by molar-refractivity contribution is -0.142. The summed E-state index contributed by atoms with van der Waals surface area (Å²) in [5, 5.41) is 35.2. The average molecular weight is 1850 g/mol. The molecule has 0 radical (unpaired) electrons. The molecule has 0 aliphatic carbocycles. The smallest absolute Gasteiger partial charge is 0.246 e. The van der Waals surface area contributed by atoms with Gasteiger partial charge in [0, 0.05) is 87.5 Å². The molecular formula is C83H126N20O20S4. The number of aliphatic imine (C=N–C) groups is 1. The van der Waals surface area contributed by atoms with Gasteiger partial charge in [-0.2, -0.15) is 25.3 Å². The highest BCUT2D eigenvalue weighted by Gasteiger charge is 2.41. The quantitative estimate of drug-likeness (QED) is 0.00528. The SMILES string of the molecule is C.NC(=O)CCC(=O)[C@H](CCCN=C(N)N)NC(=O)[C@@H]1CCCN1C(=O)[C@@H]1CSSC[C@H](N)C(=O)N[C@@H](Cc2ccc(O)cc2)C(=O)N[C@@H](Cc2ccccc2)C(=O)N[C@@H](CCC(N)=O)C(=O)C[C@@H](CC(N)=O)C(=O)N1.NC(=O)CC[C@H](N)C=O.N[C@H](C=O)CS.N[C@H](C=O)CS.N[C@H](C=O)Cc1ccc(O)cc1.N[C@H](C=O)Cc1ccccc1.O=C[C@@H]1CCCN1. The first kappa shape index (κ1) is 116. The average Bonchev–Trinajstić information content (AvgIpc) is 1.72. The van der Waals surface area contributed by atoms with E-state index in [9.17, 15) is 91.4 Å². The Labute approximate surface area is 757 Å². The van der Waals surface area contributed by atoms with Gasteiger partial charge >= 0.3 is 0 Å². The van der Waals surface area contributed by atoms with E-state index in [0.29, 0.717) is 73.5 Å². The van der Waals surface area contributed by atoms with E-state index >= 15 is 0 Å². The Hall–Kier alpha value is -11.1. The van der Waals surface area contributed by atoms with Crippen LogP contribution in [0.1, 0.15) is 120 Å². The van der Waals surface area contributed by atoms with E-state index in [1.807, 2.05) is 30.3 Å². The van der Waals surface area contributed by atoms with E-state index in [1.165, 1.54) is 29.2 Å². The number of benzene rings is 4. The lowest BCUT2D eigenvalue weighted by Gasteiger charge is -2.30. The van der Waals surface area contributed by atoms with E-state index in [-0.39, 0.29) is 131 Å². The second-order valence-corrected chi connectivity index (χ2v) is 32.2. The highest BCUT2D eigenvalue weighted by Crippen LogP contribution is 2.27. The molecule has 44 heteroatoms. The number of Topliss-reactive ketones (excluding diaryl/α,β-unsaturated/α-hetero) is 2. The number of likely N-dealkylation sites (tertiary alicyclic amines) is 1. The van der Waals surface area contributed by atoms with Crippen molar-refractivity contribution in [2.24, 2.45) is 79.7 Å². The summed E-state index contributed by atoms with van der Waals surface area (Å²) in [6.07, 6.45) is 6.03. The predicted octanol–water partition coefficient (Wildman–Crippen LogP) is -3.63. The zero-order chi connectivity index (χ0) is 94.6. The number of nitrogens with zero attached hydrogens (tertiary/aromatic N) is 2. The zero-order valence-electron chi connectivity index (χ0n) is 69.9. The fourth-order valence-electron chi connectivity index (χ4n) is 11.4. The van der Waals surface area contributed by atoms with Crippen molar-refractivity contribution in [3.8, 4) is 11.5 Å². The number of primary amides is 4. The molecule has 127 heavy (non-hydrogen) atoms. The molecule has 0 bridgehead atoms. The summed E-state index contributed by atoms with van der Waals surface area (Å²) in [4.78, 5) is 223. The Morgan fingerprint density at radius 3 is 1.46 bits per heavy atom. The second-order valence-electron chi connectivity index (χ2n) is 28.9. The maximum absolute atomic E-state index is 14.6. The number of aldehydes is 6. The Balaban J connectivity index is 0.00000240. The lowest BCUT2D eigenvalue weighted by Crippen LogP contribution is -2.58. The number of hydrogen-bond donors (Lipinski definition) is 22. The standard InChI is InChI=1S/C48H67N13O12S2.C9H11NO2.C9H11NO.C5H10N2O2.C5H9NO.2C3H7NOS.CH4/c49-30-24-74-75-25-35(47(73)61-19-5-9-36(61)46(72)57-31(8-4-18-55-48(53)54)37(63)15-17-40(51)66)60-42(68)28(23-41(52)67)22-38(64)32(14-16-39(50)65)56-44(70)34(20-26-6-2-1-3-7-26)59-45(71)33(58-43(30)69)21-27-10-12-29(62)13-11-27;10-8(6-11)5-7-1-3-9(12)4-2-7;10-9(7-11)6-8-4-2-1-3-5-8;6-4(3-8)1-2-5(7)9;7-4-5-2-1-3-6-5;2*4-3(1-5)2-6;/h1-3,6-7,10-13,28,30-36,62H,4-5,8-9,14-25,49H2,(H2,50,65)(H2,51,66)(H2,52,67)(H,56,70)(H,57,72)(H,58,69)(H,59,71)(H,60,68)(H4,53,54,55);1-4,6,8,12H,5,10H2;1-5,7,9H,6,10H2;3-4H,1-2,6H2,(H2,7,9);4-6H,1-3H2;2*1,3,6H,2,4H2;1H4/t28-,30-,31-,32-,33-,34-,35-,36-;8-;9-;4-;5-;2*3-;/m0000011./s1. The number of nitrogens with two attached hydrogens (primary N) is 12. The van der Waals surface area contributed by atoms with Crippen molar-refractivity contribution < 1.29 is 96.5 Å². The molecule has 3 aliphatic heterocycles. The number of ketones is 2. The van der Waals surface area contributed by atoms with Gasteiger partial charge in [-0.1, -0.05) is 114 Å². The van der Waals surface area contributed by atoms with Crippen LogP contribution in [-0.2, 0) is 112 Å². The number of guanidine groups is 1. The summed E-state index contributed by atoms with van der Waals surface area (Å²) >= 11 is 7.48. The van der Waals surface area contributed by atoms with E-state index in [1.54, 1.807) is 54.6 Å². The number of phenols is 2.